The van der Waals surface area contributed by atoms with E-state index in [1.807, 2.05) is 39.0 Å². The van der Waals surface area contributed by atoms with Crippen LogP contribution in [0.25, 0.3) is 5.76 Å². The smallest absolute Gasteiger partial charge is 0.295 e. The lowest BCUT2D eigenvalue weighted by Crippen LogP contribution is -2.33. The largest absolute Gasteiger partial charge is 0.507 e. The molecule has 0 bridgehead atoms. The highest BCUT2D eigenvalue weighted by molar-refractivity contribution is 6.46. The number of Topliss-reactive ketones (excluding diaryl/α,β-unsaturated/α-hetero) is 1. The highest BCUT2D eigenvalue weighted by Crippen LogP contribution is 2.42. The van der Waals surface area contributed by atoms with E-state index in [2.05, 4.69) is 18.7 Å². The molecular formula is C31H42N2O6. The molecule has 3 rings (SSSR count). The second-order valence-electron chi connectivity index (χ2n) is 9.32. The van der Waals surface area contributed by atoms with Gasteiger partial charge in [-0.1, -0.05) is 26.8 Å². The molecule has 0 saturated carbocycles. The Hall–Kier alpha value is -3.52. The van der Waals surface area contributed by atoms with Crippen LogP contribution in [0.4, 0.5) is 0 Å². The molecule has 8 heteroatoms. The molecule has 8 nitrogen and oxygen atoms in total. The second-order valence-corrected chi connectivity index (χ2v) is 9.32. The number of carbonyl (C=O) groups excluding carboxylic acids is 2. The third-order valence-corrected chi connectivity index (χ3v) is 6.79. The standard InChI is InChI=1S/C31H42N2O6/c1-6-20-39-25-17-14-23(21-26(25)38-10-5)28-27(29(34)22-12-15-24(16-13-22)37-9-4)30(35)31(36)33(28)19-11-18-32(7-2)8-3/h12-17,21,28,34H,6-11,18-20H2,1-5H3. The van der Waals surface area contributed by atoms with Gasteiger partial charge in [-0.05, 0) is 88.3 Å². The first-order valence-corrected chi connectivity index (χ1v) is 14.0. The quantitative estimate of drug-likeness (QED) is 0.184. The highest BCUT2D eigenvalue weighted by atomic mass is 16.5. The van der Waals surface area contributed by atoms with Gasteiger partial charge in [0.1, 0.15) is 11.5 Å². The maximum Gasteiger partial charge on any atom is 0.295 e. The number of amides is 1. The Balaban J connectivity index is 2.08. The number of ketones is 1. The van der Waals surface area contributed by atoms with Crippen LogP contribution in [0, 0.1) is 0 Å². The topological polar surface area (TPSA) is 88.5 Å². The Labute approximate surface area is 232 Å². The van der Waals surface area contributed by atoms with E-state index >= 15 is 0 Å². The zero-order chi connectivity index (χ0) is 28.4. The van der Waals surface area contributed by atoms with Crippen molar-refractivity contribution in [3.8, 4) is 17.2 Å². The zero-order valence-electron chi connectivity index (χ0n) is 23.9. The highest BCUT2D eigenvalue weighted by Gasteiger charge is 2.46. The number of benzene rings is 2. The van der Waals surface area contributed by atoms with E-state index < -0.39 is 17.7 Å². The molecule has 1 unspecified atom stereocenters. The van der Waals surface area contributed by atoms with Gasteiger partial charge in [-0.2, -0.15) is 0 Å². The summed E-state index contributed by atoms with van der Waals surface area (Å²) >= 11 is 0. The molecule has 1 aliphatic rings. The van der Waals surface area contributed by atoms with Crippen molar-refractivity contribution in [2.45, 2.75) is 53.5 Å². The monoisotopic (exact) mass is 538 g/mol. The molecule has 2 aromatic rings. The molecule has 1 saturated heterocycles. The Morgan fingerprint density at radius 3 is 2.21 bits per heavy atom. The molecule has 1 atom stereocenters. The van der Waals surface area contributed by atoms with E-state index in [4.69, 9.17) is 14.2 Å². The number of nitrogens with zero attached hydrogens (tertiary/aromatic N) is 2. The molecule has 0 aliphatic carbocycles. The molecule has 1 N–H and O–H groups in total. The van der Waals surface area contributed by atoms with Gasteiger partial charge in [-0.15, -0.1) is 0 Å². The van der Waals surface area contributed by atoms with Gasteiger partial charge in [0.2, 0.25) is 0 Å². The lowest BCUT2D eigenvalue weighted by atomic mass is 9.95. The van der Waals surface area contributed by atoms with Gasteiger partial charge in [0.05, 0.1) is 31.4 Å². The lowest BCUT2D eigenvalue weighted by molar-refractivity contribution is -0.140. The molecule has 1 aliphatic heterocycles. The fourth-order valence-electron chi connectivity index (χ4n) is 4.79. The Kier molecular flexibility index (Phi) is 11.2. The Morgan fingerprint density at radius 1 is 0.897 bits per heavy atom. The number of aliphatic hydroxyl groups is 1. The predicted molar refractivity (Wildman–Crippen MR) is 152 cm³/mol. The van der Waals surface area contributed by atoms with E-state index in [1.54, 1.807) is 29.2 Å². The number of ether oxygens (including phenoxy) is 3. The number of hydrogen-bond acceptors (Lipinski definition) is 7. The molecule has 212 valence electrons. The first-order valence-electron chi connectivity index (χ1n) is 14.0. The van der Waals surface area contributed by atoms with Crippen LogP contribution < -0.4 is 14.2 Å². The first kappa shape index (κ1) is 30.0. The zero-order valence-corrected chi connectivity index (χ0v) is 23.9. The van der Waals surface area contributed by atoms with Crippen LogP contribution in [-0.4, -0.2) is 72.6 Å². The minimum atomic E-state index is -0.757. The van der Waals surface area contributed by atoms with Crippen molar-refractivity contribution in [2.75, 3.05) is 46.0 Å². The van der Waals surface area contributed by atoms with E-state index in [1.165, 1.54) is 0 Å². The molecule has 0 radical (unpaired) electrons. The SMILES string of the molecule is CCCOc1ccc(C2C(=C(O)c3ccc(OCC)cc3)C(=O)C(=O)N2CCCN(CC)CC)cc1OCC. The van der Waals surface area contributed by atoms with Crippen molar-refractivity contribution in [2.24, 2.45) is 0 Å². The summed E-state index contributed by atoms with van der Waals surface area (Å²) in [5.74, 6) is 0.281. The van der Waals surface area contributed by atoms with Gasteiger partial charge in [-0.3, -0.25) is 9.59 Å². The number of aliphatic hydroxyl groups excluding tert-OH is 1. The normalized spacial score (nSPS) is 16.7. The number of hydrogen-bond donors (Lipinski definition) is 1. The van der Waals surface area contributed by atoms with Gasteiger partial charge in [0, 0.05) is 12.1 Å². The summed E-state index contributed by atoms with van der Waals surface area (Å²) in [7, 11) is 0. The van der Waals surface area contributed by atoms with Gasteiger partial charge >= 0.3 is 0 Å². The third kappa shape index (κ3) is 7.12. The van der Waals surface area contributed by atoms with Crippen LogP contribution in [0.5, 0.6) is 17.2 Å². The molecule has 39 heavy (non-hydrogen) atoms. The Morgan fingerprint density at radius 2 is 1.59 bits per heavy atom. The summed E-state index contributed by atoms with van der Waals surface area (Å²) in [5, 5.41) is 11.4. The fourth-order valence-corrected chi connectivity index (χ4v) is 4.79. The van der Waals surface area contributed by atoms with Crippen LogP contribution in [0.1, 0.15) is 64.6 Å². The third-order valence-electron chi connectivity index (χ3n) is 6.79. The summed E-state index contributed by atoms with van der Waals surface area (Å²) in [6, 6.07) is 11.6. The van der Waals surface area contributed by atoms with Crippen molar-refractivity contribution in [3.63, 3.8) is 0 Å². The van der Waals surface area contributed by atoms with Crippen LogP contribution in [-0.2, 0) is 9.59 Å². The summed E-state index contributed by atoms with van der Waals surface area (Å²) in [6.45, 7) is 14.5. The van der Waals surface area contributed by atoms with E-state index in [0.29, 0.717) is 61.2 Å². The lowest BCUT2D eigenvalue weighted by Gasteiger charge is -2.27. The van der Waals surface area contributed by atoms with Crippen molar-refractivity contribution >= 4 is 17.4 Å². The van der Waals surface area contributed by atoms with Gasteiger partial charge in [0.15, 0.2) is 11.5 Å². The number of carbonyl (C=O) groups is 2. The van der Waals surface area contributed by atoms with Crippen molar-refractivity contribution in [3.05, 3.63) is 59.2 Å². The summed E-state index contributed by atoms with van der Waals surface area (Å²) in [6.07, 6.45) is 1.55. The molecule has 0 aromatic heterocycles. The number of likely N-dealkylation sites (tertiary alicyclic amines) is 1. The summed E-state index contributed by atoms with van der Waals surface area (Å²) < 4.78 is 17.2. The predicted octanol–water partition coefficient (Wildman–Crippen LogP) is 5.43. The fraction of sp³-hybridized carbons (Fsp3) is 0.484. The average molecular weight is 539 g/mol. The van der Waals surface area contributed by atoms with Crippen LogP contribution in [0.15, 0.2) is 48.0 Å². The summed E-state index contributed by atoms with van der Waals surface area (Å²) in [4.78, 5) is 30.6. The maximum absolute atomic E-state index is 13.4. The van der Waals surface area contributed by atoms with Gasteiger partial charge < -0.3 is 29.1 Å². The molecule has 1 heterocycles. The van der Waals surface area contributed by atoms with E-state index in [0.717, 1.165) is 26.1 Å². The molecule has 1 amide bonds. The second kappa shape index (κ2) is 14.6. The average Bonchev–Trinajstić information content (AvgIpc) is 3.20. The minimum absolute atomic E-state index is 0.0664. The van der Waals surface area contributed by atoms with Crippen molar-refractivity contribution in [1.29, 1.82) is 0 Å². The molecule has 2 aromatic carbocycles. The maximum atomic E-state index is 13.4. The molecule has 1 fully saturated rings. The van der Waals surface area contributed by atoms with Gasteiger partial charge in [0.25, 0.3) is 11.7 Å². The first-order chi connectivity index (χ1) is 18.9. The van der Waals surface area contributed by atoms with Crippen LogP contribution in [0.2, 0.25) is 0 Å². The van der Waals surface area contributed by atoms with Crippen LogP contribution >= 0.6 is 0 Å². The Bertz CT molecular complexity index is 1140. The van der Waals surface area contributed by atoms with Crippen LogP contribution in [0.3, 0.4) is 0 Å². The van der Waals surface area contributed by atoms with Crippen molar-refractivity contribution in [1.82, 2.24) is 9.80 Å². The molecule has 0 spiro atoms. The van der Waals surface area contributed by atoms with Crippen molar-refractivity contribution < 1.29 is 28.9 Å². The molecular weight excluding hydrogens is 496 g/mol. The summed E-state index contributed by atoms with van der Waals surface area (Å²) in [5.41, 5.74) is 1.19. The van der Waals surface area contributed by atoms with E-state index in [9.17, 15) is 14.7 Å². The van der Waals surface area contributed by atoms with Gasteiger partial charge in [-0.25, -0.2) is 0 Å². The number of rotatable bonds is 15. The minimum Gasteiger partial charge on any atom is -0.507 e. The van der Waals surface area contributed by atoms with E-state index in [-0.39, 0.29) is 11.3 Å².